The third-order valence-electron chi connectivity index (χ3n) is 9.30. The maximum atomic E-state index is 5.49. The second-order valence-corrected chi connectivity index (χ2v) is 11.8. The van der Waals surface area contributed by atoms with Gasteiger partial charge in [-0.2, -0.15) is 0 Å². The number of aromatic nitrogens is 2. The zero-order valence-corrected chi connectivity index (χ0v) is 27.6. The minimum Gasteiger partial charge on any atom is -0.400 e. The third kappa shape index (κ3) is 4.03. The van der Waals surface area contributed by atoms with E-state index in [1.807, 2.05) is 0 Å². The molecule has 1 aliphatic carbocycles. The fourth-order valence-corrected chi connectivity index (χ4v) is 7.34. The van der Waals surface area contributed by atoms with Gasteiger partial charge in [0, 0.05) is 32.4 Å². The van der Waals surface area contributed by atoms with Gasteiger partial charge in [0.25, 0.3) is 0 Å². The van der Waals surface area contributed by atoms with Crippen molar-refractivity contribution in [2.24, 2.45) is 0 Å². The van der Waals surface area contributed by atoms with E-state index in [-0.39, 0.29) is 21.1 Å². The van der Waals surface area contributed by atoms with Gasteiger partial charge in [-0.15, -0.1) is 0 Å². The van der Waals surface area contributed by atoms with Gasteiger partial charge in [0.05, 0.1) is 22.8 Å². The van der Waals surface area contributed by atoms with Crippen molar-refractivity contribution in [2.75, 3.05) is 33.3 Å². The Morgan fingerprint density at radius 3 is 1.30 bits per heavy atom. The first-order valence-electron chi connectivity index (χ1n) is 15.2. The van der Waals surface area contributed by atoms with Gasteiger partial charge in [-0.1, -0.05) is 84.9 Å². The van der Waals surface area contributed by atoms with Crippen LogP contribution in [0.25, 0.3) is 11.1 Å². The van der Waals surface area contributed by atoms with Crippen LogP contribution in [0.4, 0.5) is 34.4 Å². The second kappa shape index (κ2) is 10.9. The molecule has 2 radical (unpaired) electrons. The van der Waals surface area contributed by atoms with Crippen LogP contribution in [0.3, 0.4) is 0 Å². The molecule has 0 saturated carbocycles. The van der Waals surface area contributed by atoms with Gasteiger partial charge in [0.15, 0.2) is 0 Å². The molecule has 6 nitrogen and oxygen atoms in total. The summed E-state index contributed by atoms with van der Waals surface area (Å²) >= 11 is 0. The number of anilines is 6. The summed E-state index contributed by atoms with van der Waals surface area (Å²) in [5, 5.41) is 0. The number of hydrogen-bond donors (Lipinski definition) is 0. The molecule has 4 heterocycles. The van der Waals surface area contributed by atoms with Crippen LogP contribution in [0.2, 0.25) is 0 Å². The van der Waals surface area contributed by atoms with Crippen LogP contribution in [0.1, 0.15) is 22.5 Å². The molecule has 2 aromatic heterocycles. The van der Waals surface area contributed by atoms with Gasteiger partial charge in [-0.05, 0) is 84.9 Å². The molecule has 0 saturated heterocycles. The fraction of sp³-hybridized carbons (Fsp3) is 0.0811. The Balaban J connectivity index is 0.00000312. The Morgan fingerprint density at radius 2 is 0.848 bits per heavy atom. The Kier molecular flexibility index (Phi) is 6.80. The Bertz CT molecular complexity index is 1970. The molecule has 4 aromatic carbocycles. The number of pyridine rings is 2. The van der Waals surface area contributed by atoms with E-state index in [2.05, 4.69) is 182 Å². The average Bonchev–Trinajstić information content (AvgIpc) is 3.73. The smallest absolute Gasteiger partial charge is 0.397 e. The van der Waals surface area contributed by atoms with Crippen molar-refractivity contribution in [3.05, 3.63) is 156 Å². The fourth-order valence-electron chi connectivity index (χ4n) is 7.34. The first-order chi connectivity index (χ1) is 22.1. The first-order valence-corrected chi connectivity index (χ1v) is 15.2. The molecule has 0 fully saturated rings. The zero-order chi connectivity index (χ0) is 30.1. The summed E-state index contributed by atoms with van der Waals surface area (Å²) in [4.78, 5) is 19.6. The Morgan fingerprint density at radius 1 is 0.457 bits per heavy atom. The van der Waals surface area contributed by atoms with E-state index in [1.165, 1.54) is 22.3 Å². The summed E-state index contributed by atoms with van der Waals surface area (Å²) in [6.07, 6.45) is 0. The number of nitrogens with zero attached hydrogens (tertiary/aromatic N) is 6. The van der Waals surface area contributed by atoms with Crippen molar-refractivity contribution in [3.63, 3.8) is 0 Å². The van der Waals surface area contributed by atoms with Crippen molar-refractivity contribution in [1.29, 1.82) is 0 Å². The third-order valence-corrected chi connectivity index (χ3v) is 9.30. The molecule has 6 aromatic rings. The minimum atomic E-state index is -0.727. The molecule has 0 N–H and O–H groups in total. The Labute approximate surface area is 285 Å². The van der Waals surface area contributed by atoms with Gasteiger partial charge < -0.3 is 19.2 Å². The van der Waals surface area contributed by atoms with Crippen LogP contribution in [0, 0.1) is 0 Å². The number of fused-ring (bicyclic) bond motifs is 5. The van der Waals surface area contributed by atoms with Gasteiger partial charge >= 0.3 is 15.1 Å². The molecular formula is C37H28B2N6Pt. The average molecular weight is 773 g/mol. The summed E-state index contributed by atoms with van der Waals surface area (Å²) in [5.74, 6) is 1.73. The molecule has 9 heteroatoms. The van der Waals surface area contributed by atoms with E-state index in [0.717, 1.165) is 45.8 Å². The van der Waals surface area contributed by atoms with Crippen molar-refractivity contribution < 1.29 is 21.1 Å². The Hall–Kier alpha value is -4.80. The van der Waals surface area contributed by atoms with Crippen molar-refractivity contribution in [1.82, 2.24) is 9.97 Å². The minimum absolute atomic E-state index is 0. The molecule has 9 rings (SSSR count). The number of hydrogen-bond acceptors (Lipinski definition) is 6. The van der Waals surface area contributed by atoms with Crippen LogP contribution in [0.5, 0.6) is 0 Å². The quantitative estimate of drug-likeness (QED) is 0.178. The summed E-state index contributed by atoms with van der Waals surface area (Å²) in [5.41, 5.74) is 10.5. The summed E-state index contributed by atoms with van der Waals surface area (Å²) in [6.45, 7) is 0. The van der Waals surface area contributed by atoms with Crippen LogP contribution >= 0.6 is 0 Å². The first kappa shape index (κ1) is 28.7. The van der Waals surface area contributed by atoms with Gasteiger partial charge in [-0.25, -0.2) is 9.97 Å². The van der Waals surface area contributed by atoms with Crippen molar-refractivity contribution >= 4 is 49.5 Å². The second-order valence-electron chi connectivity index (χ2n) is 11.8. The number of rotatable bonds is 4. The van der Waals surface area contributed by atoms with Gasteiger partial charge in [-0.3, -0.25) is 0 Å². The van der Waals surface area contributed by atoms with Crippen molar-refractivity contribution in [3.8, 4) is 11.1 Å². The topological polar surface area (TPSA) is 38.7 Å². The summed E-state index contributed by atoms with van der Waals surface area (Å²) in [7, 11) is 8.37. The van der Waals surface area contributed by atoms with E-state index in [9.17, 15) is 0 Å². The summed E-state index contributed by atoms with van der Waals surface area (Å²) < 4.78 is 0. The monoisotopic (exact) mass is 773 g/mol. The molecule has 0 spiro atoms. The van der Waals surface area contributed by atoms with Gasteiger partial charge in [0.1, 0.15) is 17.1 Å². The van der Waals surface area contributed by atoms with Crippen LogP contribution in [-0.4, -0.2) is 39.2 Å². The van der Waals surface area contributed by atoms with E-state index >= 15 is 0 Å². The molecule has 0 atom stereocenters. The zero-order valence-electron chi connectivity index (χ0n) is 25.4. The predicted molar refractivity (Wildman–Crippen MR) is 185 cm³/mol. The van der Waals surface area contributed by atoms with E-state index in [4.69, 9.17) is 9.97 Å². The van der Waals surface area contributed by atoms with E-state index in [0.29, 0.717) is 0 Å². The van der Waals surface area contributed by atoms with Crippen LogP contribution in [0.15, 0.2) is 133 Å². The van der Waals surface area contributed by atoms with Crippen molar-refractivity contribution in [2.45, 2.75) is 5.41 Å². The summed E-state index contributed by atoms with van der Waals surface area (Å²) in [6, 6.07) is 47.1. The number of benzene rings is 4. The SMILES string of the molecule is CN1[B]N(c2cccc(C3(c4cccc(N5[B]N(C)c6ccccc65)n4)c4ccccc4-c4ccccc43)n2)c2ccccc21.[Pt]. The molecule has 222 valence electrons. The van der Waals surface area contributed by atoms with E-state index < -0.39 is 5.41 Å². The molecular weight excluding hydrogens is 745 g/mol. The normalized spacial score (nSPS) is 14.9. The molecule has 3 aliphatic rings. The molecule has 2 aliphatic heterocycles. The predicted octanol–water partition coefficient (Wildman–Crippen LogP) is 7.08. The molecule has 0 amide bonds. The van der Waals surface area contributed by atoms with Crippen LogP contribution in [-0.2, 0) is 26.5 Å². The number of para-hydroxylation sites is 4. The van der Waals surface area contributed by atoms with Crippen LogP contribution < -0.4 is 19.2 Å². The maximum absolute atomic E-state index is 5.49. The largest absolute Gasteiger partial charge is 0.400 e. The molecule has 46 heavy (non-hydrogen) atoms. The maximum Gasteiger partial charge on any atom is 0.397 e. The molecule has 0 bridgehead atoms. The van der Waals surface area contributed by atoms with E-state index in [1.54, 1.807) is 0 Å². The van der Waals surface area contributed by atoms with Gasteiger partial charge in [0.2, 0.25) is 0 Å². The standard InChI is InChI=1S/C37H28B2N6.Pt/c1-42-29-17-7-9-19-31(29)44(38-42)35-23-11-21-33(40-35)37(27-15-5-3-13-25(27)26-14-4-6-16-28(26)37)34-22-12-24-36(41-34)45-32-20-10-8-18-30(32)43(2)39-45;/h3-24H,1-2H3;. The molecule has 0 unspecified atom stereocenters.